The number of rotatable bonds is 5. The number of ether oxygens (including phenoxy) is 1. The molecule has 0 radical (unpaired) electrons. The van der Waals surface area contributed by atoms with Crippen LogP contribution in [0.4, 0.5) is 9.18 Å². The summed E-state index contributed by atoms with van der Waals surface area (Å²) in [6, 6.07) is 14.4. The van der Waals surface area contributed by atoms with Crippen LogP contribution in [0.1, 0.15) is 25.3 Å². The van der Waals surface area contributed by atoms with E-state index in [9.17, 15) is 18.8 Å². The van der Waals surface area contributed by atoms with Gasteiger partial charge in [0.25, 0.3) is 11.8 Å². The summed E-state index contributed by atoms with van der Waals surface area (Å²) in [5.74, 6) is -0.215. The van der Waals surface area contributed by atoms with Crippen LogP contribution < -0.4 is 10.1 Å². The van der Waals surface area contributed by atoms with Crippen LogP contribution in [0.3, 0.4) is 0 Å². The Kier molecular flexibility index (Phi) is 5.63. The minimum atomic E-state index is -1.00. The number of urea groups is 1. The van der Waals surface area contributed by atoms with Gasteiger partial charge in [-0.1, -0.05) is 30.3 Å². The van der Waals surface area contributed by atoms with Gasteiger partial charge in [-0.3, -0.25) is 14.5 Å². The fraction of sp³-hybridized carbons (Fsp3) is 0.348. The van der Waals surface area contributed by atoms with Crippen molar-refractivity contribution in [2.75, 3.05) is 13.1 Å². The molecule has 2 heterocycles. The number of piperidine rings is 1. The first-order valence-electron chi connectivity index (χ1n) is 10.3. The Bertz CT molecular complexity index is 972. The third kappa shape index (κ3) is 4.23. The van der Waals surface area contributed by atoms with Gasteiger partial charge in [-0.15, -0.1) is 0 Å². The molecule has 1 N–H and O–H groups in total. The number of para-hydroxylation sites is 1. The molecular formula is C23H24FN3O4. The van der Waals surface area contributed by atoms with Crippen molar-refractivity contribution in [2.45, 2.75) is 38.0 Å². The summed E-state index contributed by atoms with van der Waals surface area (Å²) < 4.78 is 18.8. The number of nitrogens with one attached hydrogen (secondary N) is 1. The first-order valence-corrected chi connectivity index (χ1v) is 10.3. The lowest BCUT2D eigenvalue weighted by atomic mass is 9.87. The largest absolute Gasteiger partial charge is 0.481 e. The number of benzene rings is 2. The molecule has 1 atom stereocenters. The van der Waals surface area contributed by atoms with Crippen molar-refractivity contribution in [1.29, 1.82) is 0 Å². The average molecular weight is 425 g/mol. The van der Waals surface area contributed by atoms with Crippen LogP contribution in [-0.2, 0) is 16.1 Å². The van der Waals surface area contributed by atoms with E-state index in [0.29, 0.717) is 37.2 Å². The highest BCUT2D eigenvalue weighted by atomic mass is 19.1. The molecule has 4 rings (SSSR count). The number of hydrogen-bond acceptors (Lipinski definition) is 4. The van der Waals surface area contributed by atoms with Crippen LogP contribution in [0.25, 0.3) is 0 Å². The van der Waals surface area contributed by atoms with Crippen molar-refractivity contribution in [3.8, 4) is 5.75 Å². The van der Waals surface area contributed by atoms with Crippen molar-refractivity contribution < 1.29 is 23.5 Å². The summed E-state index contributed by atoms with van der Waals surface area (Å²) in [5, 5.41) is 2.82. The summed E-state index contributed by atoms with van der Waals surface area (Å²) in [6.45, 7) is 2.47. The molecule has 0 saturated carbocycles. The predicted molar refractivity (Wildman–Crippen MR) is 111 cm³/mol. The van der Waals surface area contributed by atoms with E-state index >= 15 is 0 Å². The second kappa shape index (κ2) is 8.37. The predicted octanol–water partition coefficient (Wildman–Crippen LogP) is 2.71. The molecule has 2 aromatic carbocycles. The average Bonchev–Trinajstić information content (AvgIpc) is 3.00. The molecular weight excluding hydrogens is 401 g/mol. The van der Waals surface area contributed by atoms with Gasteiger partial charge in [0.2, 0.25) is 0 Å². The van der Waals surface area contributed by atoms with Crippen molar-refractivity contribution in [1.82, 2.24) is 15.1 Å². The zero-order valence-electron chi connectivity index (χ0n) is 17.2. The van der Waals surface area contributed by atoms with Crippen molar-refractivity contribution >= 4 is 17.8 Å². The number of amides is 4. The molecule has 7 nitrogen and oxygen atoms in total. The molecule has 0 aliphatic carbocycles. The highest BCUT2D eigenvalue weighted by Crippen LogP contribution is 2.31. The molecule has 2 aliphatic heterocycles. The fourth-order valence-corrected chi connectivity index (χ4v) is 4.05. The first kappa shape index (κ1) is 20.8. The van der Waals surface area contributed by atoms with Gasteiger partial charge >= 0.3 is 6.03 Å². The number of imide groups is 1. The molecule has 1 spiro atoms. The standard InChI is InChI=1S/C23H24FN3O4/c1-16(31-19-5-3-2-4-6-19)20(28)26-13-11-23(12-14-26)21(29)27(22(30)25-23)15-17-7-9-18(24)10-8-17/h2-10,16H,11-15H2,1H3,(H,25,30)/t16-/m0/s1. The second-order valence-electron chi connectivity index (χ2n) is 7.93. The van der Waals surface area contributed by atoms with Crippen LogP contribution in [0.15, 0.2) is 54.6 Å². The molecule has 0 aromatic heterocycles. The van der Waals surface area contributed by atoms with Gasteiger partial charge in [0, 0.05) is 13.1 Å². The number of carbonyl (C=O) groups excluding carboxylic acids is 3. The molecule has 2 saturated heterocycles. The summed E-state index contributed by atoms with van der Waals surface area (Å²) in [4.78, 5) is 41.1. The van der Waals surface area contributed by atoms with E-state index in [1.165, 1.54) is 12.1 Å². The minimum absolute atomic E-state index is 0.0806. The molecule has 8 heteroatoms. The highest BCUT2D eigenvalue weighted by Gasteiger charge is 2.52. The Hall–Kier alpha value is -3.42. The number of halogens is 1. The Morgan fingerprint density at radius 3 is 2.39 bits per heavy atom. The van der Waals surface area contributed by atoms with Crippen LogP contribution in [0.5, 0.6) is 5.75 Å². The van der Waals surface area contributed by atoms with Gasteiger partial charge in [-0.25, -0.2) is 9.18 Å². The van der Waals surface area contributed by atoms with Crippen LogP contribution in [0.2, 0.25) is 0 Å². The number of hydrogen-bond donors (Lipinski definition) is 1. The van der Waals surface area contributed by atoms with Crippen molar-refractivity contribution in [3.63, 3.8) is 0 Å². The SMILES string of the molecule is C[C@H](Oc1ccccc1)C(=O)N1CCC2(CC1)NC(=O)N(Cc1ccc(F)cc1)C2=O. The molecule has 0 unspecified atom stereocenters. The van der Waals surface area contributed by atoms with Gasteiger partial charge in [0.1, 0.15) is 17.1 Å². The third-order valence-electron chi connectivity index (χ3n) is 5.83. The Labute approximate surface area is 179 Å². The molecule has 162 valence electrons. The van der Waals surface area contributed by atoms with E-state index in [-0.39, 0.29) is 24.2 Å². The smallest absolute Gasteiger partial charge is 0.325 e. The van der Waals surface area contributed by atoms with Crippen LogP contribution in [0, 0.1) is 5.82 Å². The molecule has 31 heavy (non-hydrogen) atoms. The van der Waals surface area contributed by atoms with Gasteiger partial charge < -0.3 is 15.0 Å². The van der Waals surface area contributed by atoms with E-state index in [0.717, 1.165) is 4.90 Å². The summed E-state index contributed by atoms with van der Waals surface area (Å²) in [7, 11) is 0. The molecule has 2 fully saturated rings. The van der Waals surface area contributed by atoms with Crippen molar-refractivity contribution in [2.24, 2.45) is 0 Å². The maximum Gasteiger partial charge on any atom is 0.325 e. The highest BCUT2D eigenvalue weighted by molar-refractivity contribution is 6.07. The Balaban J connectivity index is 1.37. The fourth-order valence-electron chi connectivity index (χ4n) is 4.05. The lowest BCUT2D eigenvalue weighted by Gasteiger charge is -2.38. The normalized spacial score (nSPS) is 18.8. The first-order chi connectivity index (χ1) is 14.9. The third-order valence-corrected chi connectivity index (χ3v) is 5.83. The lowest BCUT2D eigenvalue weighted by molar-refractivity contribution is -0.142. The lowest BCUT2D eigenvalue weighted by Crippen LogP contribution is -2.57. The maximum absolute atomic E-state index is 13.1. The van der Waals surface area contributed by atoms with Crippen LogP contribution >= 0.6 is 0 Å². The Morgan fingerprint density at radius 2 is 1.74 bits per heavy atom. The zero-order chi connectivity index (χ0) is 22.0. The zero-order valence-corrected chi connectivity index (χ0v) is 17.2. The second-order valence-corrected chi connectivity index (χ2v) is 7.93. The van der Waals surface area contributed by atoms with Gasteiger partial charge in [-0.2, -0.15) is 0 Å². The van der Waals surface area contributed by atoms with Crippen molar-refractivity contribution in [3.05, 3.63) is 66.0 Å². The molecule has 2 aliphatic rings. The van der Waals surface area contributed by atoms with E-state index < -0.39 is 17.7 Å². The van der Waals surface area contributed by atoms with E-state index in [1.807, 2.05) is 18.2 Å². The number of carbonyl (C=O) groups is 3. The van der Waals surface area contributed by atoms with Crippen LogP contribution in [-0.4, -0.2) is 52.4 Å². The summed E-state index contributed by atoms with van der Waals surface area (Å²) in [6.07, 6.45) is 0.0167. The van der Waals surface area contributed by atoms with Gasteiger partial charge in [-0.05, 0) is 49.6 Å². The molecule has 0 bridgehead atoms. The van der Waals surface area contributed by atoms with Gasteiger partial charge in [0.15, 0.2) is 6.10 Å². The topological polar surface area (TPSA) is 79.0 Å². The monoisotopic (exact) mass is 425 g/mol. The molecule has 2 aromatic rings. The minimum Gasteiger partial charge on any atom is -0.481 e. The van der Waals surface area contributed by atoms with E-state index in [4.69, 9.17) is 4.74 Å². The quantitative estimate of drug-likeness (QED) is 0.748. The summed E-state index contributed by atoms with van der Waals surface area (Å²) >= 11 is 0. The van der Waals surface area contributed by atoms with Gasteiger partial charge in [0.05, 0.1) is 6.54 Å². The maximum atomic E-state index is 13.1. The van der Waals surface area contributed by atoms with E-state index in [1.54, 1.807) is 36.1 Å². The number of nitrogens with zero attached hydrogens (tertiary/aromatic N) is 2. The van der Waals surface area contributed by atoms with E-state index in [2.05, 4.69) is 5.32 Å². The Morgan fingerprint density at radius 1 is 1.10 bits per heavy atom. The number of likely N-dealkylation sites (tertiary alicyclic amines) is 1. The molecule has 4 amide bonds. The summed E-state index contributed by atoms with van der Waals surface area (Å²) in [5.41, 5.74) is -0.335.